The van der Waals surface area contributed by atoms with Crippen LogP contribution in [0, 0.1) is 13.8 Å². The lowest BCUT2D eigenvalue weighted by Crippen LogP contribution is -2.32. The van der Waals surface area contributed by atoms with Crippen molar-refractivity contribution in [2.45, 2.75) is 13.8 Å². The van der Waals surface area contributed by atoms with Crippen molar-refractivity contribution in [3.8, 4) is 5.75 Å². The van der Waals surface area contributed by atoms with E-state index in [4.69, 9.17) is 5.11 Å². The third kappa shape index (κ3) is 4.67. The van der Waals surface area contributed by atoms with Gasteiger partial charge in [0.15, 0.2) is 0 Å². The number of carbonyl (C=O) groups is 2. The van der Waals surface area contributed by atoms with Crippen LogP contribution in [0.4, 0.5) is 5.69 Å². The van der Waals surface area contributed by atoms with E-state index >= 15 is 0 Å². The topological polar surface area (TPSA) is 90.8 Å². The van der Waals surface area contributed by atoms with E-state index in [1.54, 1.807) is 18.2 Å². The summed E-state index contributed by atoms with van der Waals surface area (Å²) in [7, 11) is 0. The van der Waals surface area contributed by atoms with E-state index in [1.807, 2.05) is 26.0 Å². The molecule has 0 atom stereocenters. The van der Waals surface area contributed by atoms with Gasteiger partial charge in [0.2, 0.25) is 0 Å². The van der Waals surface area contributed by atoms with E-state index in [2.05, 4.69) is 15.8 Å². The molecule has 23 heavy (non-hydrogen) atoms. The average molecular weight is 311 g/mol. The van der Waals surface area contributed by atoms with E-state index in [0.29, 0.717) is 11.3 Å². The number of nitrogens with one attached hydrogen (secondary N) is 2. The second kappa shape index (κ2) is 7.22. The van der Waals surface area contributed by atoms with Crippen LogP contribution in [0.3, 0.4) is 0 Å². The lowest BCUT2D eigenvalue weighted by atomic mass is 10.1. The molecule has 0 saturated carbocycles. The van der Waals surface area contributed by atoms with Crippen molar-refractivity contribution >= 4 is 23.7 Å². The third-order valence-electron chi connectivity index (χ3n) is 3.11. The number of aromatic hydroxyl groups is 1. The van der Waals surface area contributed by atoms with Gasteiger partial charge < -0.3 is 10.4 Å². The van der Waals surface area contributed by atoms with Crippen LogP contribution in [0.2, 0.25) is 0 Å². The molecule has 0 aliphatic heterocycles. The number of aryl methyl sites for hydroxylation is 2. The molecule has 0 fully saturated rings. The van der Waals surface area contributed by atoms with E-state index in [9.17, 15) is 9.59 Å². The normalized spacial score (nSPS) is 10.5. The van der Waals surface area contributed by atoms with Crippen molar-refractivity contribution in [1.29, 1.82) is 0 Å². The molecule has 2 rings (SSSR count). The summed E-state index contributed by atoms with van der Waals surface area (Å²) in [5, 5.41) is 15.4. The first-order chi connectivity index (χ1) is 11.0. The van der Waals surface area contributed by atoms with Crippen molar-refractivity contribution in [2.24, 2.45) is 5.10 Å². The van der Waals surface area contributed by atoms with Gasteiger partial charge in [-0.3, -0.25) is 9.59 Å². The van der Waals surface area contributed by atoms with Crippen LogP contribution in [-0.2, 0) is 9.59 Å². The molecular weight excluding hydrogens is 294 g/mol. The zero-order valence-electron chi connectivity index (χ0n) is 12.8. The zero-order valence-corrected chi connectivity index (χ0v) is 12.8. The molecule has 6 nitrogen and oxygen atoms in total. The monoisotopic (exact) mass is 311 g/mol. The summed E-state index contributed by atoms with van der Waals surface area (Å²) < 4.78 is 0. The Kier molecular flexibility index (Phi) is 5.09. The number of nitrogens with zero attached hydrogens (tertiary/aromatic N) is 1. The Hall–Kier alpha value is -3.15. The minimum atomic E-state index is -0.861. The molecule has 2 aromatic carbocycles. The van der Waals surface area contributed by atoms with Crippen LogP contribution >= 0.6 is 0 Å². The van der Waals surface area contributed by atoms with Gasteiger partial charge in [-0.1, -0.05) is 17.7 Å². The fourth-order valence-corrected chi connectivity index (χ4v) is 1.91. The number of anilines is 1. The fourth-order valence-electron chi connectivity index (χ4n) is 1.91. The van der Waals surface area contributed by atoms with Gasteiger partial charge in [-0.05, 0) is 55.3 Å². The van der Waals surface area contributed by atoms with Gasteiger partial charge in [0, 0.05) is 5.69 Å². The van der Waals surface area contributed by atoms with Crippen LogP contribution in [-0.4, -0.2) is 23.1 Å². The summed E-state index contributed by atoms with van der Waals surface area (Å²) in [4.78, 5) is 23.5. The molecule has 0 aliphatic rings. The fraction of sp³-hybridized carbons (Fsp3) is 0.118. The van der Waals surface area contributed by atoms with Crippen LogP contribution in [0.15, 0.2) is 47.6 Å². The number of rotatable bonds is 3. The molecule has 2 amide bonds. The molecule has 0 radical (unpaired) electrons. The zero-order chi connectivity index (χ0) is 16.8. The number of hydrogen-bond donors (Lipinski definition) is 3. The van der Waals surface area contributed by atoms with Crippen molar-refractivity contribution < 1.29 is 14.7 Å². The molecule has 0 saturated heterocycles. The van der Waals surface area contributed by atoms with Gasteiger partial charge in [0.05, 0.1) is 6.21 Å². The number of hydrogen-bond acceptors (Lipinski definition) is 4. The van der Waals surface area contributed by atoms with Gasteiger partial charge >= 0.3 is 11.8 Å². The molecule has 0 aromatic heterocycles. The van der Waals surface area contributed by atoms with Gasteiger partial charge in [-0.2, -0.15) is 5.10 Å². The van der Waals surface area contributed by atoms with E-state index in [1.165, 1.54) is 18.3 Å². The summed E-state index contributed by atoms with van der Waals surface area (Å²) >= 11 is 0. The van der Waals surface area contributed by atoms with Crippen molar-refractivity contribution in [1.82, 2.24) is 5.43 Å². The lowest BCUT2D eigenvalue weighted by molar-refractivity contribution is -0.136. The number of hydrazone groups is 1. The summed E-state index contributed by atoms with van der Waals surface area (Å²) in [6, 6.07) is 11.8. The highest BCUT2D eigenvalue weighted by molar-refractivity contribution is 6.39. The number of phenols is 1. The quantitative estimate of drug-likeness (QED) is 0.460. The maximum atomic E-state index is 11.8. The summed E-state index contributed by atoms with van der Waals surface area (Å²) in [6.45, 7) is 3.80. The average Bonchev–Trinajstić information content (AvgIpc) is 2.51. The summed E-state index contributed by atoms with van der Waals surface area (Å²) in [6.07, 6.45) is 1.38. The standard InChI is InChI=1S/C17H17N3O3/c1-11-3-8-15(12(2)9-11)19-16(22)17(23)20-18-10-13-4-6-14(21)7-5-13/h3-10,21H,1-2H3,(H,19,22)(H,20,23)/b18-10+. The van der Waals surface area contributed by atoms with Crippen molar-refractivity contribution in [2.75, 3.05) is 5.32 Å². The molecule has 6 heteroatoms. The highest BCUT2D eigenvalue weighted by Crippen LogP contribution is 2.15. The minimum Gasteiger partial charge on any atom is -0.508 e. The van der Waals surface area contributed by atoms with Crippen molar-refractivity contribution in [3.05, 3.63) is 59.2 Å². The molecule has 0 bridgehead atoms. The Morgan fingerprint density at radius 2 is 1.74 bits per heavy atom. The SMILES string of the molecule is Cc1ccc(NC(=O)C(=O)N/N=C/c2ccc(O)cc2)c(C)c1. The molecule has 3 N–H and O–H groups in total. The van der Waals surface area contributed by atoms with Crippen LogP contribution in [0.1, 0.15) is 16.7 Å². The molecule has 2 aromatic rings. The smallest absolute Gasteiger partial charge is 0.329 e. The molecular formula is C17H17N3O3. The Balaban J connectivity index is 1.92. The van der Waals surface area contributed by atoms with Crippen LogP contribution in [0.25, 0.3) is 0 Å². The number of benzene rings is 2. The largest absolute Gasteiger partial charge is 0.508 e. The van der Waals surface area contributed by atoms with Gasteiger partial charge in [-0.25, -0.2) is 5.43 Å². The second-order valence-electron chi connectivity index (χ2n) is 5.06. The van der Waals surface area contributed by atoms with Crippen LogP contribution in [0.5, 0.6) is 5.75 Å². The predicted octanol–water partition coefficient (Wildman–Crippen LogP) is 2.10. The highest BCUT2D eigenvalue weighted by atomic mass is 16.3. The molecule has 0 heterocycles. The number of carbonyl (C=O) groups excluding carboxylic acids is 2. The maximum Gasteiger partial charge on any atom is 0.329 e. The van der Waals surface area contributed by atoms with Gasteiger partial charge in [0.1, 0.15) is 5.75 Å². The molecule has 0 aliphatic carbocycles. The molecule has 0 unspecified atom stereocenters. The van der Waals surface area contributed by atoms with Gasteiger partial charge in [-0.15, -0.1) is 0 Å². The number of phenolic OH excluding ortho intramolecular Hbond substituents is 1. The Bertz CT molecular complexity index is 752. The Morgan fingerprint density at radius 3 is 2.39 bits per heavy atom. The predicted molar refractivity (Wildman–Crippen MR) is 88.4 cm³/mol. The summed E-state index contributed by atoms with van der Waals surface area (Å²) in [5.74, 6) is -1.51. The first-order valence-corrected chi connectivity index (χ1v) is 6.96. The first kappa shape index (κ1) is 16.2. The maximum absolute atomic E-state index is 11.8. The van der Waals surface area contributed by atoms with E-state index in [0.717, 1.165) is 11.1 Å². The third-order valence-corrected chi connectivity index (χ3v) is 3.11. The Labute approximate surface area is 133 Å². The first-order valence-electron chi connectivity index (χ1n) is 6.96. The van der Waals surface area contributed by atoms with Gasteiger partial charge in [0.25, 0.3) is 0 Å². The second-order valence-corrected chi connectivity index (χ2v) is 5.06. The molecule has 0 spiro atoms. The van der Waals surface area contributed by atoms with Crippen LogP contribution < -0.4 is 10.7 Å². The highest BCUT2D eigenvalue weighted by Gasteiger charge is 2.13. The summed E-state index contributed by atoms with van der Waals surface area (Å²) in [5.41, 5.74) is 5.36. The minimum absolute atomic E-state index is 0.138. The van der Waals surface area contributed by atoms with Crippen molar-refractivity contribution in [3.63, 3.8) is 0 Å². The van der Waals surface area contributed by atoms with E-state index < -0.39 is 11.8 Å². The number of amides is 2. The van der Waals surface area contributed by atoms with E-state index in [-0.39, 0.29) is 5.75 Å². The lowest BCUT2D eigenvalue weighted by Gasteiger charge is -2.08. The molecule has 118 valence electrons. The Morgan fingerprint density at radius 1 is 1.04 bits per heavy atom.